The number of carbonyl (C=O) groups excluding carboxylic acids is 2. The van der Waals surface area contributed by atoms with E-state index in [9.17, 15) is 14.7 Å². The average molecular weight is 425 g/mol. The molecular weight excluding hydrogens is 388 g/mol. The first-order valence-electron chi connectivity index (χ1n) is 12.1. The highest BCUT2D eigenvalue weighted by Gasteiger charge is 2.72. The van der Waals surface area contributed by atoms with Gasteiger partial charge in [0.05, 0.1) is 5.56 Å². The number of fused-ring (bicyclic) bond motifs is 2. The Labute approximate surface area is 185 Å². The minimum Gasteiger partial charge on any atom is -0.458 e. The van der Waals surface area contributed by atoms with Crippen LogP contribution in [0, 0.1) is 33.5 Å². The zero-order chi connectivity index (χ0) is 22.1. The number of ether oxygens (including phenoxy) is 1. The van der Waals surface area contributed by atoms with Gasteiger partial charge in [-0.05, 0) is 72.8 Å². The smallest absolute Gasteiger partial charge is 0.338 e. The minimum absolute atomic E-state index is 0.0360. The number of benzene rings is 1. The van der Waals surface area contributed by atoms with E-state index in [1.807, 2.05) is 18.2 Å². The minimum atomic E-state index is -0.284. The topological polar surface area (TPSA) is 63.6 Å². The second kappa shape index (κ2) is 6.91. The number of hydrogen-bond acceptors (Lipinski definition) is 4. The molecule has 4 nitrogen and oxygen atoms in total. The number of Topliss-reactive ketones (excluding diaryl/α,β-unsaturated/α-hetero) is 1. The van der Waals surface area contributed by atoms with Crippen molar-refractivity contribution in [3.63, 3.8) is 0 Å². The van der Waals surface area contributed by atoms with E-state index < -0.39 is 0 Å². The van der Waals surface area contributed by atoms with Gasteiger partial charge in [-0.15, -0.1) is 0 Å². The van der Waals surface area contributed by atoms with Gasteiger partial charge in [-0.1, -0.05) is 45.4 Å². The molecule has 5 rings (SSSR count). The maximum absolute atomic E-state index is 13.1. The average Bonchev–Trinajstić information content (AvgIpc) is 3.08. The van der Waals surface area contributed by atoms with Crippen molar-refractivity contribution in [2.45, 2.75) is 78.2 Å². The fraction of sp³-hybridized carbons (Fsp3) is 0.704. The third kappa shape index (κ3) is 2.83. The molecule has 0 saturated heterocycles. The zero-order valence-electron chi connectivity index (χ0n) is 19.2. The van der Waals surface area contributed by atoms with Crippen molar-refractivity contribution in [1.29, 1.82) is 0 Å². The summed E-state index contributed by atoms with van der Waals surface area (Å²) in [6.45, 7) is 6.89. The van der Waals surface area contributed by atoms with Gasteiger partial charge < -0.3 is 9.84 Å². The van der Waals surface area contributed by atoms with E-state index in [1.165, 1.54) is 0 Å². The van der Waals surface area contributed by atoms with Gasteiger partial charge in [-0.2, -0.15) is 0 Å². The predicted molar refractivity (Wildman–Crippen MR) is 118 cm³/mol. The third-order valence-electron chi connectivity index (χ3n) is 10.3. The van der Waals surface area contributed by atoms with Crippen LogP contribution >= 0.6 is 0 Å². The Morgan fingerprint density at radius 1 is 1.10 bits per heavy atom. The molecule has 168 valence electrons. The van der Waals surface area contributed by atoms with Crippen LogP contribution in [0.2, 0.25) is 0 Å². The fourth-order valence-corrected chi connectivity index (χ4v) is 8.73. The van der Waals surface area contributed by atoms with Crippen LogP contribution in [-0.2, 0) is 9.53 Å². The van der Waals surface area contributed by atoms with E-state index in [1.54, 1.807) is 12.1 Å². The van der Waals surface area contributed by atoms with Crippen LogP contribution in [0.4, 0.5) is 0 Å². The summed E-state index contributed by atoms with van der Waals surface area (Å²) in [6, 6.07) is 9.20. The first-order chi connectivity index (χ1) is 14.7. The van der Waals surface area contributed by atoms with Gasteiger partial charge in [0.1, 0.15) is 11.9 Å². The van der Waals surface area contributed by atoms with E-state index in [0.717, 1.165) is 44.9 Å². The van der Waals surface area contributed by atoms with Crippen LogP contribution in [0.15, 0.2) is 30.3 Å². The number of esters is 1. The number of aliphatic hydroxyl groups is 1. The van der Waals surface area contributed by atoms with Crippen molar-refractivity contribution in [1.82, 2.24) is 0 Å². The summed E-state index contributed by atoms with van der Waals surface area (Å²) in [6.07, 6.45) is 7.28. The molecule has 4 heteroatoms. The quantitative estimate of drug-likeness (QED) is 0.679. The monoisotopic (exact) mass is 424 g/mol. The molecule has 1 aromatic rings. The van der Waals surface area contributed by atoms with Crippen LogP contribution in [0.3, 0.4) is 0 Å². The van der Waals surface area contributed by atoms with Crippen LogP contribution < -0.4 is 0 Å². The Morgan fingerprint density at radius 2 is 1.84 bits per heavy atom. The molecule has 1 N–H and O–H groups in total. The zero-order valence-corrected chi connectivity index (χ0v) is 19.2. The normalized spacial score (nSPS) is 46.2. The molecular formula is C27H36O4. The number of rotatable bonds is 3. The molecule has 4 fully saturated rings. The molecule has 0 radical (unpaired) electrons. The molecule has 0 heterocycles. The summed E-state index contributed by atoms with van der Waals surface area (Å²) in [5.74, 6) is 0.499. The van der Waals surface area contributed by atoms with E-state index in [-0.39, 0.29) is 52.2 Å². The van der Waals surface area contributed by atoms with Gasteiger partial charge in [0.25, 0.3) is 0 Å². The summed E-state index contributed by atoms with van der Waals surface area (Å²) in [4.78, 5) is 26.1. The molecule has 7 atom stereocenters. The van der Waals surface area contributed by atoms with Crippen molar-refractivity contribution in [3.8, 4) is 0 Å². The fourth-order valence-electron chi connectivity index (χ4n) is 8.73. The highest BCUT2D eigenvalue weighted by atomic mass is 16.5. The van der Waals surface area contributed by atoms with Crippen molar-refractivity contribution < 1.29 is 19.4 Å². The standard InChI is InChI=1S/C27H36O4/c1-24-12-13-27(16-24)19(15-21(24)29)14-20(31-23(30)18-8-5-4-6-9-18)22-25(2,17-28)10-7-11-26(22,27)3/h4-6,8-9,19-20,22,28H,7,10-17H2,1-3H3/t19-,20-,22-,24+,25+,26+,27+/m1/s1. The number of carbonyl (C=O) groups is 2. The molecule has 4 saturated carbocycles. The van der Waals surface area contributed by atoms with Gasteiger partial charge >= 0.3 is 5.97 Å². The van der Waals surface area contributed by atoms with Crippen LogP contribution in [0.5, 0.6) is 0 Å². The highest BCUT2D eigenvalue weighted by molar-refractivity contribution is 5.89. The Balaban J connectivity index is 1.57. The van der Waals surface area contributed by atoms with Crippen molar-refractivity contribution in [2.75, 3.05) is 6.61 Å². The van der Waals surface area contributed by atoms with Crippen molar-refractivity contribution in [2.24, 2.45) is 33.5 Å². The molecule has 1 aromatic carbocycles. The summed E-state index contributed by atoms with van der Waals surface area (Å²) >= 11 is 0. The third-order valence-corrected chi connectivity index (χ3v) is 10.3. The summed E-state index contributed by atoms with van der Waals surface area (Å²) in [5, 5.41) is 10.5. The highest BCUT2D eigenvalue weighted by Crippen LogP contribution is 2.75. The lowest BCUT2D eigenvalue weighted by atomic mass is 9.37. The molecule has 1 spiro atoms. The Bertz CT molecular complexity index is 896. The lowest BCUT2D eigenvalue weighted by molar-refractivity contribution is -0.224. The first kappa shape index (κ1) is 21.2. The maximum atomic E-state index is 13.1. The Kier molecular flexibility index (Phi) is 4.72. The van der Waals surface area contributed by atoms with E-state index in [0.29, 0.717) is 17.8 Å². The summed E-state index contributed by atoms with van der Waals surface area (Å²) in [7, 11) is 0. The molecule has 2 bridgehead atoms. The second-order valence-corrected chi connectivity index (χ2v) is 11.8. The van der Waals surface area contributed by atoms with E-state index in [4.69, 9.17) is 4.74 Å². The molecule has 0 amide bonds. The molecule has 0 aromatic heterocycles. The van der Waals surface area contributed by atoms with Gasteiger partial charge in [0, 0.05) is 24.4 Å². The van der Waals surface area contributed by atoms with Crippen molar-refractivity contribution in [3.05, 3.63) is 35.9 Å². The van der Waals surface area contributed by atoms with Crippen LogP contribution in [-0.4, -0.2) is 29.6 Å². The molecule has 0 aliphatic heterocycles. The molecule has 0 unspecified atom stereocenters. The molecule has 4 aliphatic carbocycles. The number of aliphatic hydroxyl groups excluding tert-OH is 1. The van der Waals surface area contributed by atoms with Crippen LogP contribution in [0.25, 0.3) is 0 Å². The first-order valence-corrected chi connectivity index (χ1v) is 12.1. The van der Waals surface area contributed by atoms with E-state index >= 15 is 0 Å². The van der Waals surface area contributed by atoms with Gasteiger partial charge in [-0.3, -0.25) is 4.79 Å². The predicted octanol–water partition coefficient (Wildman–Crippen LogP) is 5.19. The SMILES string of the molecule is C[C@]12CC[C@]3(C1)[C@@H](CC2=O)C[C@@H](OC(=O)c1ccccc1)[C@@H]1[C@](C)(CO)CCC[C@@]13C. The van der Waals surface area contributed by atoms with Gasteiger partial charge in [-0.25, -0.2) is 4.79 Å². The molecule has 4 aliphatic rings. The number of hydrogen-bond donors (Lipinski definition) is 1. The lowest BCUT2D eigenvalue weighted by Gasteiger charge is -2.67. The van der Waals surface area contributed by atoms with Crippen LogP contribution in [0.1, 0.15) is 82.5 Å². The number of ketones is 1. The van der Waals surface area contributed by atoms with Gasteiger partial charge in [0.2, 0.25) is 0 Å². The van der Waals surface area contributed by atoms with Gasteiger partial charge in [0.15, 0.2) is 0 Å². The van der Waals surface area contributed by atoms with E-state index in [2.05, 4.69) is 20.8 Å². The molecule has 31 heavy (non-hydrogen) atoms. The largest absolute Gasteiger partial charge is 0.458 e. The summed E-state index contributed by atoms with van der Waals surface area (Å²) in [5.41, 5.74) is 0.192. The Hall–Kier alpha value is -1.68. The Morgan fingerprint density at radius 3 is 2.55 bits per heavy atom. The maximum Gasteiger partial charge on any atom is 0.338 e. The second-order valence-electron chi connectivity index (χ2n) is 11.8. The lowest BCUT2D eigenvalue weighted by Crippen LogP contribution is -2.65. The summed E-state index contributed by atoms with van der Waals surface area (Å²) < 4.78 is 6.26. The van der Waals surface area contributed by atoms with Crippen molar-refractivity contribution >= 4 is 11.8 Å².